The van der Waals surface area contributed by atoms with Crippen LogP contribution < -0.4 is 10.6 Å². The quantitative estimate of drug-likeness (QED) is 0.820. The van der Waals surface area contributed by atoms with Gasteiger partial charge in [0.2, 0.25) is 5.91 Å². The van der Waals surface area contributed by atoms with Gasteiger partial charge in [-0.25, -0.2) is 9.59 Å². The first-order valence-corrected chi connectivity index (χ1v) is 7.54. The first-order valence-electron chi connectivity index (χ1n) is 7.54. The molecule has 0 saturated carbocycles. The van der Waals surface area contributed by atoms with E-state index < -0.39 is 18.1 Å². The average Bonchev–Trinajstić information content (AvgIpc) is 3.04. The highest BCUT2D eigenvalue weighted by atomic mass is 16.5. The van der Waals surface area contributed by atoms with Crippen LogP contribution in [-0.4, -0.2) is 48.5 Å². The molecule has 1 heterocycles. The summed E-state index contributed by atoms with van der Waals surface area (Å²) in [5, 5.41) is 5.36. The van der Waals surface area contributed by atoms with E-state index in [-0.39, 0.29) is 11.9 Å². The van der Waals surface area contributed by atoms with Crippen molar-refractivity contribution in [3.8, 4) is 0 Å². The van der Waals surface area contributed by atoms with Crippen LogP contribution in [0.2, 0.25) is 0 Å². The molecule has 2 N–H and O–H groups in total. The molecule has 23 heavy (non-hydrogen) atoms. The van der Waals surface area contributed by atoms with Gasteiger partial charge in [0.15, 0.2) is 0 Å². The van der Waals surface area contributed by atoms with Gasteiger partial charge in [0.25, 0.3) is 0 Å². The summed E-state index contributed by atoms with van der Waals surface area (Å²) in [6.45, 7) is 2.05. The van der Waals surface area contributed by atoms with Crippen LogP contribution in [0.3, 0.4) is 0 Å². The van der Waals surface area contributed by atoms with Gasteiger partial charge in [0.05, 0.1) is 7.11 Å². The number of urea groups is 1. The highest BCUT2D eigenvalue weighted by Gasteiger charge is 2.35. The van der Waals surface area contributed by atoms with Crippen LogP contribution in [0.25, 0.3) is 0 Å². The number of rotatable bonds is 4. The van der Waals surface area contributed by atoms with Crippen molar-refractivity contribution in [2.24, 2.45) is 0 Å². The average molecular weight is 319 g/mol. The van der Waals surface area contributed by atoms with E-state index in [1.165, 1.54) is 12.0 Å². The molecule has 1 aromatic rings. The van der Waals surface area contributed by atoms with Crippen LogP contribution in [0.1, 0.15) is 19.8 Å². The Kier molecular flexibility index (Phi) is 5.56. The fourth-order valence-electron chi connectivity index (χ4n) is 2.54. The van der Waals surface area contributed by atoms with Gasteiger partial charge in [0.1, 0.15) is 12.1 Å². The standard InChI is InChI=1S/C16H21N3O4/c1-11(15(21)23-2)17-14(20)13-9-6-10-19(13)16(22)18-12-7-4-3-5-8-12/h3-5,7-8,11,13H,6,9-10H2,1-2H3,(H,17,20)(H,18,22)/t11-,13?/m0/s1. The lowest BCUT2D eigenvalue weighted by Crippen LogP contribution is -2.51. The third-order valence-corrected chi connectivity index (χ3v) is 3.75. The number of hydrogen-bond acceptors (Lipinski definition) is 4. The van der Waals surface area contributed by atoms with Crippen molar-refractivity contribution in [1.29, 1.82) is 0 Å². The van der Waals surface area contributed by atoms with E-state index in [2.05, 4.69) is 15.4 Å². The van der Waals surface area contributed by atoms with Crippen LogP contribution in [0.4, 0.5) is 10.5 Å². The maximum atomic E-state index is 12.3. The number of nitrogens with zero attached hydrogens (tertiary/aromatic N) is 1. The number of amides is 3. The summed E-state index contributed by atoms with van der Waals surface area (Å²) in [5.74, 6) is -0.861. The molecule has 0 bridgehead atoms. The van der Waals surface area contributed by atoms with Gasteiger partial charge in [-0.1, -0.05) is 18.2 Å². The number of likely N-dealkylation sites (tertiary alicyclic amines) is 1. The third kappa shape index (κ3) is 4.21. The minimum Gasteiger partial charge on any atom is -0.467 e. The topological polar surface area (TPSA) is 87.7 Å². The van der Waals surface area contributed by atoms with E-state index in [0.29, 0.717) is 18.7 Å². The minimum atomic E-state index is -0.743. The van der Waals surface area contributed by atoms with Gasteiger partial charge >= 0.3 is 12.0 Å². The Balaban J connectivity index is 1.97. The number of carbonyl (C=O) groups is 3. The van der Waals surface area contributed by atoms with Gasteiger partial charge in [-0.05, 0) is 31.9 Å². The van der Waals surface area contributed by atoms with Crippen LogP contribution >= 0.6 is 0 Å². The molecule has 0 aromatic heterocycles. The van der Waals surface area contributed by atoms with Crippen molar-refractivity contribution in [3.63, 3.8) is 0 Å². The first-order chi connectivity index (χ1) is 11.0. The van der Waals surface area contributed by atoms with Crippen molar-refractivity contribution >= 4 is 23.6 Å². The lowest BCUT2D eigenvalue weighted by molar-refractivity contribution is -0.144. The summed E-state index contributed by atoms with van der Waals surface area (Å²) in [7, 11) is 1.26. The number of para-hydroxylation sites is 1. The van der Waals surface area contributed by atoms with Gasteiger partial charge in [-0.2, -0.15) is 0 Å². The molecule has 2 rings (SSSR count). The Bertz CT molecular complexity index is 576. The zero-order valence-corrected chi connectivity index (χ0v) is 13.2. The zero-order chi connectivity index (χ0) is 16.8. The predicted octanol–water partition coefficient (Wildman–Crippen LogP) is 1.36. The van der Waals surface area contributed by atoms with E-state index in [0.717, 1.165) is 6.42 Å². The summed E-state index contributed by atoms with van der Waals surface area (Å²) >= 11 is 0. The van der Waals surface area contributed by atoms with E-state index in [4.69, 9.17) is 0 Å². The number of anilines is 1. The Morgan fingerprint density at radius 3 is 2.61 bits per heavy atom. The minimum absolute atomic E-state index is 0.320. The summed E-state index contributed by atoms with van der Waals surface area (Å²) in [4.78, 5) is 37.5. The molecule has 7 nitrogen and oxygen atoms in total. The second kappa shape index (κ2) is 7.62. The normalized spacial score (nSPS) is 18.2. The Hall–Kier alpha value is -2.57. The van der Waals surface area contributed by atoms with Crippen molar-refractivity contribution in [3.05, 3.63) is 30.3 Å². The largest absolute Gasteiger partial charge is 0.467 e. The van der Waals surface area contributed by atoms with E-state index in [9.17, 15) is 14.4 Å². The monoisotopic (exact) mass is 319 g/mol. The first kappa shape index (κ1) is 16.8. The van der Waals surface area contributed by atoms with E-state index >= 15 is 0 Å². The smallest absolute Gasteiger partial charge is 0.328 e. The molecule has 0 spiro atoms. The van der Waals surface area contributed by atoms with E-state index in [1.54, 1.807) is 19.1 Å². The molecule has 1 aliphatic heterocycles. The van der Waals surface area contributed by atoms with Crippen LogP contribution in [0, 0.1) is 0 Å². The second-order valence-corrected chi connectivity index (χ2v) is 5.40. The van der Waals surface area contributed by atoms with Crippen molar-refractivity contribution in [2.75, 3.05) is 19.0 Å². The molecule has 0 aliphatic carbocycles. The molecule has 0 radical (unpaired) electrons. The van der Waals surface area contributed by atoms with Crippen molar-refractivity contribution < 1.29 is 19.1 Å². The molecular formula is C16H21N3O4. The van der Waals surface area contributed by atoms with Gasteiger partial charge in [-0.15, -0.1) is 0 Å². The number of esters is 1. The van der Waals surface area contributed by atoms with Crippen molar-refractivity contribution in [1.82, 2.24) is 10.2 Å². The highest BCUT2D eigenvalue weighted by Crippen LogP contribution is 2.19. The molecule has 7 heteroatoms. The Morgan fingerprint density at radius 2 is 1.96 bits per heavy atom. The second-order valence-electron chi connectivity index (χ2n) is 5.40. The Labute approximate surface area is 135 Å². The molecular weight excluding hydrogens is 298 g/mol. The lowest BCUT2D eigenvalue weighted by atomic mass is 10.2. The zero-order valence-electron chi connectivity index (χ0n) is 13.2. The van der Waals surface area contributed by atoms with Crippen LogP contribution in [0.15, 0.2) is 30.3 Å². The molecule has 1 fully saturated rings. The fraction of sp³-hybridized carbons (Fsp3) is 0.438. The summed E-state index contributed by atoms with van der Waals surface area (Å²) < 4.78 is 4.58. The maximum absolute atomic E-state index is 12.3. The molecule has 3 amide bonds. The van der Waals surface area contributed by atoms with Gasteiger partial charge in [0, 0.05) is 12.2 Å². The summed E-state index contributed by atoms with van der Waals surface area (Å²) in [6.07, 6.45) is 1.31. The molecule has 1 aliphatic rings. The number of benzene rings is 1. The number of hydrogen-bond donors (Lipinski definition) is 2. The summed E-state index contributed by atoms with van der Waals surface area (Å²) in [5.41, 5.74) is 0.673. The SMILES string of the molecule is COC(=O)[C@H](C)NC(=O)C1CCCN1C(=O)Nc1ccccc1. The molecule has 1 aromatic carbocycles. The lowest BCUT2D eigenvalue weighted by Gasteiger charge is -2.25. The molecule has 124 valence electrons. The van der Waals surface area contributed by atoms with Gasteiger partial charge < -0.3 is 20.3 Å². The number of carbonyl (C=O) groups excluding carboxylic acids is 3. The predicted molar refractivity (Wildman–Crippen MR) is 84.8 cm³/mol. The fourth-order valence-corrected chi connectivity index (χ4v) is 2.54. The number of methoxy groups -OCH3 is 1. The number of ether oxygens (including phenoxy) is 1. The third-order valence-electron chi connectivity index (χ3n) is 3.75. The molecule has 1 unspecified atom stereocenters. The van der Waals surface area contributed by atoms with E-state index in [1.807, 2.05) is 18.2 Å². The number of nitrogens with one attached hydrogen (secondary N) is 2. The Morgan fingerprint density at radius 1 is 1.26 bits per heavy atom. The molecule has 2 atom stereocenters. The van der Waals surface area contributed by atoms with Gasteiger partial charge in [-0.3, -0.25) is 4.79 Å². The van der Waals surface area contributed by atoms with Crippen LogP contribution in [0.5, 0.6) is 0 Å². The summed E-state index contributed by atoms with van der Waals surface area (Å²) in [6, 6.07) is 7.42. The maximum Gasteiger partial charge on any atom is 0.328 e. The molecule has 1 saturated heterocycles. The van der Waals surface area contributed by atoms with Crippen molar-refractivity contribution in [2.45, 2.75) is 31.8 Å². The van der Waals surface area contributed by atoms with Crippen LogP contribution in [-0.2, 0) is 14.3 Å². The highest BCUT2D eigenvalue weighted by molar-refractivity contribution is 5.95.